The molecule has 0 saturated heterocycles. The van der Waals surface area contributed by atoms with Crippen LogP contribution >= 0.6 is 0 Å². The lowest BCUT2D eigenvalue weighted by atomic mass is 10.0. The van der Waals surface area contributed by atoms with Gasteiger partial charge in [0.1, 0.15) is 0 Å². The number of aromatic nitrogens is 2. The fourth-order valence-corrected chi connectivity index (χ4v) is 2.45. The summed E-state index contributed by atoms with van der Waals surface area (Å²) in [6, 6.07) is 8.59. The van der Waals surface area contributed by atoms with Crippen molar-refractivity contribution in [3.8, 4) is 0 Å². The smallest absolute Gasteiger partial charge is 0.0718 e. The Hall–Kier alpha value is -1.35. The fraction of sp³-hybridized carbons (Fsp3) is 0.533. The number of para-hydroxylation sites is 1. The molecule has 1 atom stereocenters. The molecule has 0 radical (unpaired) electrons. The lowest BCUT2D eigenvalue weighted by Gasteiger charge is -2.09. The van der Waals surface area contributed by atoms with Crippen LogP contribution in [0.3, 0.4) is 0 Å². The first-order valence-electron chi connectivity index (χ1n) is 6.88. The van der Waals surface area contributed by atoms with E-state index in [-0.39, 0.29) is 6.04 Å². The van der Waals surface area contributed by atoms with Crippen LogP contribution in [0.2, 0.25) is 0 Å². The van der Waals surface area contributed by atoms with Crippen LogP contribution < -0.4 is 5.73 Å². The van der Waals surface area contributed by atoms with Crippen molar-refractivity contribution >= 4 is 10.9 Å². The van der Waals surface area contributed by atoms with Crippen LogP contribution in [0.1, 0.15) is 38.3 Å². The third-order valence-corrected chi connectivity index (χ3v) is 3.47. The Bertz CT molecular complexity index is 501. The van der Waals surface area contributed by atoms with E-state index in [0.29, 0.717) is 0 Å². The number of nitrogens with zero attached hydrogens (tertiary/aromatic N) is 2. The Kier molecular flexibility index (Phi) is 4.37. The largest absolute Gasteiger partial charge is 0.327 e. The number of aryl methyl sites for hydroxylation is 1. The number of fused-ring (bicyclic) bond motifs is 1. The van der Waals surface area contributed by atoms with Crippen molar-refractivity contribution in [3.63, 3.8) is 0 Å². The number of benzene rings is 1. The average molecular weight is 245 g/mol. The normalized spacial score (nSPS) is 13.1. The maximum atomic E-state index is 6.20. The van der Waals surface area contributed by atoms with Crippen LogP contribution in [0.5, 0.6) is 0 Å². The number of rotatable bonds is 6. The maximum Gasteiger partial charge on any atom is 0.0718 e. The first-order valence-corrected chi connectivity index (χ1v) is 6.88. The van der Waals surface area contributed by atoms with Gasteiger partial charge in [0.15, 0.2) is 0 Å². The van der Waals surface area contributed by atoms with Crippen LogP contribution in [0, 0.1) is 0 Å². The summed E-state index contributed by atoms with van der Waals surface area (Å²) in [6.07, 6.45) is 5.72. The maximum absolute atomic E-state index is 6.20. The summed E-state index contributed by atoms with van der Waals surface area (Å²) in [4.78, 5) is 0. The molecule has 3 nitrogen and oxygen atoms in total. The van der Waals surface area contributed by atoms with Crippen LogP contribution in [-0.2, 0) is 13.5 Å². The number of hydrogen-bond donors (Lipinski definition) is 1. The Morgan fingerprint density at radius 2 is 2.06 bits per heavy atom. The highest BCUT2D eigenvalue weighted by Crippen LogP contribution is 2.19. The molecule has 0 aliphatic heterocycles. The Labute approximate surface area is 109 Å². The van der Waals surface area contributed by atoms with Crippen LogP contribution in [-0.4, -0.2) is 15.8 Å². The van der Waals surface area contributed by atoms with Gasteiger partial charge in [-0.25, -0.2) is 0 Å². The highest BCUT2D eigenvalue weighted by Gasteiger charge is 2.11. The van der Waals surface area contributed by atoms with Crippen LogP contribution in [0.4, 0.5) is 0 Å². The quantitative estimate of drug-likeness (QED) is 0.795. The average Bonchev–Trinajstić information content (AvgIpc) is 2.67. The van der Waals surface area contributed by atoms with E-state index in [1.165, 1.54) is 30.2 Å². The molecule has 0 spiro atoms. The SMILES string of the molecule is CCCCCC(N)Cc1nn(C)c2ccccc12. The molecule has 18 heavy (non-hydrogen) atoms. The second kappa shape index (κ2) is 6.01. The summed E-state index contributed by atoms with van der Waals surface area (Å²) >= 11 is 0. The van der Waals surface area contributed by atoms with E-state index in [1.807, 2.05) is 11.7 Å². The van der Waals surface area contributed by atoms with Gasteiger partial charge in [0.05, 0.1) is 11.2 Å². The van der Waals surface area contributed by atoms with Crippen molar-refractivity contribution in [1.29, 1.82) is 0 Å². The Balaban J connectivity index is 2.07. The molecule has 1 heterocycles. The highest BCUT2D eigenvalue weighted by atomic mass is 15.3. The molecule has 1 aromatic heterocycles. The zero-order chi connectivity index (χ0) is 13.0. The van der Waals surface area contributed by atoms with E-state index in [1.54, 1.807) is 0 Å². The summed E-state index contributed by atoms with van der Waals surface area (Å²) in [5.41, 5.74) is 8.52. The summed E-state index contributed by atoms with van der Waals surface area (Å²) in [6.45, 7) is 2.22. The van der Waals surface area contributed by atoms with Crippen molar-refractivity contribution in [2.45, 2.75) is 45.1 Å². The van der Waals surface area contributed by atoms with Gasteiger partial charge in [0.25, 0.3) is 0 Å². The van der Waals surface area contributed by atoms with Gasteiger partial charge in [-0.05, 0) is 12.5 Å². The van der Waals surface area contributed by atoms with Gasteiger partial charge in [-0.1, -0.05) is 44.4 Å². The number of unbranched alkanes of at least 4 members (excludes halogenated alkanes) is 2. The van der Waals surface area contributed by atoms with E-state index >= 15 is 0 Å². The van der Waals surface area contributed by atoms with Crippen molar-refractivity contribution in [1.82, 2.24) is 9.78 Å². The van der Waals surface area contributed by atoms with Crippen molar-refractivity contribution < 1.29 is 0 Å². The Morgan fingerprint density at radius 3 is 2.83 bits per heavy atom. The van der Waals surface area contributed by atoms with Crippen LogP contribution in [0.15, 0.2) is 24.3 Å². The van der Waals surface area contributed by atoms with Gasteiger partial charge in [-0.3, -0.25) is 4.68 Å². The lowest BCUT2D eigenvalue weighted by molar-refractivity contribution is 0.550. The van der Waals surface area contributed by atoms with Gasteiger partial charge in [-0.2, -0.15) is 5.10 Å². The second-order valence-corrected chi connectivity index (χ2v) is 5.05. The molecule has 0 amide bonds. The molecule has 2 rings (SSSR count). The van der Waals surface area contributed by atoms with Gasteiger partial charge in [-0.15, -0.1) is 0 Å². The number of nitrogens with two attached hydrogens (primary N) is 1. The zero-order valence-electron chi connectivity index (χ0n) is 11.4. The van der Waals surface area contributed by atoms with E-state index in [0.717, 1.165) is 18.5 Å². The molecule has 2 N–H and O–H groups in total. The molecular formula is C15H23N3. The predicted octanol–water partition coefficient (Wildman–Crippen LogP) is 3.02. The second-order valence-electron chi connectivity index (χ2n) is 5.05. The summed E-state index contributed by atoms with van der Waals surface area (Å²) in [7, 11) is 1.99. The van der Waals surface area contributed by atoms with Gasteiger partial charge < -0.3 is 5.73 Å². The topological polar surface area (TPSA) is 43.8 Å². The molecule has 1 aromatic carbocycles. The molecule has 1 unspecified atom stereocenters. The van der Waals surface area contributed by atoms with Gasteiger partial charge >= 0.3 is 0 Å². The lowest BCUT2D eigenvalue weighted by Crippen LogP contribution is -2.23. The van der Waals surface area contributed by atoms with E-state index in [9.17, 15) is 0 Å². The third-order valence-electron chi connectivity index (χ3n) is 3.47. The molecular weight excluding hydrogens is 222 g/mol. The van der Waals surface area contributed by atoms with E-state index < -0.39 is 0 Å². The molecule has 0 saturated carbocycles. The molecule has 98 valence electrons. The van der Waals surface area contributed by atoms with Crippen molar-refractivity contribution in [3.05, 3.63) is 30.0 Å². The van der Waals surface area contributed by atoms with E-state index in [2.05, 4.69) is 36.3 Å². The first-order chi connectivity index (χ1) is 8.72. The van der Waals surface area contributed by atoms with Crippen molar-refractivity contribution in [2.75, 3.05) is 0 Å². The summed E-state index contributed by atoms with van der Waals surface area (Å²) < 4.78 is 1.95. The molecule has 0 aliphatic carbocycles. The van der Waals surface area contributed by atoms with Crippen molar-refractivity contribution in [2.24, 2.45) is 12.8 Å². The molecule has 0 fully saturated rings. The van der Waals surface area contributed by atoms with Gasteiger partial charge in [0, 0.05) is 24.9 Å². The van der Waals surface area contributed by atoms with E-state index in [4.69, 9.17) is 5.73 Å². The number of hydrogen-bond acceptors (Lipinski definition) is 2. The standard InChI is InChI=1S/C15H23N3/c1-3-4-5-8-12(16)11-14-13-9-6-7-10-15(13)18(2)17-14/h6-7,9-10,12H,3-5,8,11,16H2,1-2H3. The van der Waals surface area contributed by atoms with Gasteiger partial charge in [0.2, 0.25) is 0 Å². The minimum Gasteiger partial charge on any atom is -0.327 e. The third kappa shape index (κ3) is 2.91. The highest BCUT2D eigenvalue weighted by molar-refractivity contribution is 5.81. The predicted molar refractivity (Wildman–Crippen MR) is 76.5 cm³/mol. The molecule has 2 aromatic rings. The monoisotopic (exact) mass is 245 g/mol. The molecule has 0 bridgehead atoms. The first kappa shape index (κ1) is 13.1. The fourth-order valence-electron chi connectivity index (χ4n) is 2.45. The Morgan fingerprint density at radius 1 is 1.28 bits per heavy atom. The summed E-state index contributed by atoms with van der Waals surface area (Å²) in [5, 5.41) is 5.84. The van der Waals surface area contributed by atoms with Crippen LogP contribution in [0.25, 0.3) is 10.9 Å². The molecule has 3 heteroatoms. The molecule has 0 aliphatic rings. The zero-order valence-corrected chi connectivity index (χ0v) is 11.4. The minimum atomic E-state index is 0.231. The minimum absolute atomic E-state index is 0.231. The summed E-state index contributed by atoms with van der Waals surface area (Å²) in [5.74, 6) is 0.